The highest BCUT2D eigenvalue weighted by molar-refractivity contribution is 6.35. The van der Waals surface area contributed by atoms with Crippen LogP contribution in [0.2, 0.25) is 10.0 Å². The second-order valence-electron chi connectivity index (χ2n) is 7.02. The highest BCUT2D eigenvalue weighted by Crippen LogP contribution is 2.24. The molecule has 0 fully saturated rings. The van der Waals surface area contributed by atoms with E-state index in [1.807, 2.05) is 13.8 Å². The molecule has 2 atom stereocenters. The van der Waals surface area contributed by atoms with Crippen molar-refractivity contribution in [2.45, 2.75) is 52.2 Å². The van der Waals surface area contributed by atoms with Gasteiger partial charge in [-0.3, -0.25) is 9.59 Å². The molecule has 2 rings (SSSR count). The van der Waals surface area contributed by atoms with Crippen LogP contribution < -0.4 is 5.32 Å². The first-order chi connectivity index (χ1) is 13.7. The number of carbonyl (C=O) groups excluding carboxylic acids is 2. The molecule has 2 amide bonds. The molecule has 0 unspecified atom stereocenters. The van der Waals surface area contributed by atoms with E-state index in [1.54, 1.807) is 43.3 Å². The van der Waals surface area contributed by atoms with E-state index in [0.717, 1.165) is 6.42 Å². The van der Waals surface area contributed by atoms with Crippen LogP contribution in [0.5, 0.6) is 0 Å². The van der Waals surface area contributed by atoms with Crippen molar-refractivity contribution < 1.29 is 14.0 Å². The Morgan fingerprint density at radius 2 is 1.79 bits per heavy atom. The number of rotatable bonds is 8. The van der Waals surface area contributed by atoms with Crippen molar-refractivity contribution in [3.8, 4) is 0 Å². The second-order valence-corrected chi connectivity index (χ2v) is 7.86. The standard InChI is InChI=1S/C22H25Cl2FN2O2/c1-4-14(2)26-22(29)15(3)27(13-17-9-10-18(23)12-19(17)24)21(28)11-16-7-5-6-8-20(16)25/h5-10,12,14-15H,4,11,13H2,1-3H3,(H,26,29)/t14-,15+/m0/s1. The summed E-state index contributed by atoms with van der Waals surface area (Å²) in [6.45, 7) is 5.62. The zero-order chi connectivity index (χ0) is 21.6. The Morgan fingerprint density at radius 1 is 1.10 bits per heavy atom. The minimum Gasteiger partial charge on any atom is -0.352 e. The largest absolute Gasteiger partial charge is 0.352 e. The summed E-state index contributed by atoms with van der Waals surface area (Å²) >= 11 is 12.2. The first-order valence-electron chi connectivity index (χ1n) is 9.50. The molecule has 2 aromatic rings. The van der Waals surface area contributed by atoms with Crippen LogP contribution in [0.1, 0.15) is 38.3 Å². The average Bonchev–Trinajstić information content (AvgIpc) is 2.68. The van der Waals surface area contributed by atoms with E-state index in [9.17, 15) is 14.0 Å². The van der Waals surface area contributed by atoms with Crippen LogP contribution in [0.3, 0.4) is 0 Å². The molecule has 0 aliphatic rings. The topological polar surface area (TPSA) is 49.4 Å². The van der Waals surface area contributed by atoms with Gasteiger partial charge in [-0.25, -0.2) is 4.39 Å². The van der Waals surface area contributed by atoms with Crippen LogP contribution in [0, 0.1) is 5.82 Å². The van der Waals surface area contributed by atoms with Crippen LogP contribution in [0.4, 0.5) is 4.39 Å². The minimum atomic E-state index is -0.755. The normalized spacial score (nSPS) is 12.9. The first-order valence-corrected chi connectivity index (χ1v) is 10.3. The molecule has 0 aliphatic heterocycles. The van der Waals surface area contributed by atoms with Crippen molar-refractivity contribution in [3.63, 3.8) is 0 Å². The summed E-state index contributed by atoms with van der Waals surface area (Å²) in [7, 11) is 0. The van der Waals surface area contributed by atoms with Crippen LogP contribution in [0.15, 0.2) is 42.5 Å². The van der Waals surface area contributed by atoms with Crippen molar-refractivity contribution in [2.75, 3.05) is 0 Å². The van der Waals surface area contributed by atoms with Gasteiger partial charge < -0.3 is 10.2 Å². The van der Waals surface area contributed by atoms with Gasteiger partial charge in [-0.15, -0.1) is 0 Å². The van der Waals surface area contributed by atoms with E-state index in [2.05, 4.69) is 5.32 Å². The zero-order valence-corrected chi connectivity index (χ0v) is 18.2. The van der Waals surface area contributed by atoms with Gasteiger partial charge in [-0.05, 0) is 49.6 Å². The molecule has 0 saturated carbocycles. The average molecular weight is 439 g/mol. The van der Waals surface area contributed by atoms with Gasteiger partial charge >= 0.3 is 0 Å². The van der Waals surface area contributed by atoms with Crippen molar-refractivity contribution in [2.24, 2.45) is 0 Å². The Balaban J connectivity index is 2.29. The number of amides is 2. The van der Waals surface area contributed by atoms with Crippen molar-refractivity contribution in [3.05, 3.63) is 69.5 Å². The van der Waals surface area contributed by atoms with Crippen molar-refractivity contribution in [1.29, 1.82) is 0 Å². The molecule has 1 N–H and O–H groups in total. The van der Waals surface area contributed by atoms with Crippen LogP contribution >= 0.6 is 23.2 Å². The molecule has 29 heavy (non-hydrogen) atoms. The Morgan fingerprint density at radius 3 is 2.41 bits per heavy atom. The number of hydrogen-bond donors (Lipinski definition) is 1. The summed E-state index contributed by atoms with van der Waals surface area (Å²) in [5.41, 5.74) is 0.931. The number of nitrogens with one attached hydrogen (secondary N) is 1. The zero-order valence-electron chi connectivity index (χ0n) is 16.7. The molecule has 4 nitrogen and oxygen atoms in total. The first kappa shape index (κ1) is 23.2. The number of carbonyl (C=O) groups is 2. The molecule has 0 aromatic heterocycles. The number of nitrogens with zero attached hydrogens (tertiary/aromatic N) is 1. The van der Waals surface area contributed by atoms with Gasteiger partial charge in [0.2, 0.25) is 11.8 Å². The quantitative estimate of drug-likeness (QED) is 0.629. The summed E-state index contributed by atoms with van der Waals surface area (Å²) in [5.74, 6) is -1.10. The Hall–Kier alpha value is -2.11. The summed E-state index contributed by atoms with van der Waals surface area (Å²) in [4.78, 5) is 27.1. The monoisotopic (exact) mass is 438 g/mol. The lowest BCUT2D eigenvalue weighted by Crippen LogP contribution is -2.50. The fourth-order valence-corrected chi connectivity index (χ4v) is 3.26. The molecule has 0 heterocycles. The van der Waals surface area contributed by atoms with Crippen molar-refractivity contribution in [1.82, 2.24) is 10.2 Å². The Bertz CT molecular complexity index is 876. The number of halogens is 3. The molecule has 0 aliphatic carbocycles. The van der Waals surface area contributed by atoms with Gasteiger partial charge in [0.25, 0.3) is 0 Å². The van der Waals surface area contributed by atoms with Gasteiger partial charge in [0, 0.05) is 22.6 Å². The van der Waals surface area contributed by atoms with E-state index in [-0.39, 0.29) is 36.4 Å². The fraction of sp³-hybridized carbons (Fsp3) is 0.364. The van der Waals surface area contributed by atoms with Gasteiger partial charge in [0.1, 0.15) is 11.9 Å². The van der Waals surface area contributed by atoms with E-state index in [0.29, 0.717) is 15.6 Å². The second kappa shape index (κ2) is 10.6. The molecule has 7 heteroatoms. The number of benzene rings is 2. The SMILES string of the molecule is CC[C@H](C)NC(=O)[C@@H](C)N(Cc1ccc(Cl)cc1Cl)C(=O)Cc1ccccc1F. The Kier molecular flexibility index (Phi) is 8.47. The maximum Gasteiger partial charge on any atom is 0.242 e. The van der Waals surface area contributed by atoms with Crippen LogP contribution in [0.25, 0.3) is 0 Å². The third kappa shape index (κ3) is 6.44. The number of hydrogen-bond acceptors (Lipinski definition) is 2. The predicted molar refractivity (Wildman–Crippen MR) is 114 cm³/mol. The molecule has 0 radical (unpaired) electrons. The molecule has 2 aromatic carbocycles. The molecular formula is C22H25Cl2FN2O2. The maximum atomic E-state index is 14.0. The fourth-order valence-electron chi connectivity index (χ4n) is 2.79. The molecular weight excluding hydrogens is 414 g/mol. The van der Waals surface area contributed by atoms with Gasteiger partial charge in [0.15, 0.2) is 0 Å². The summed E-state index contributed by atoms with van der Waals surface area (Å²) in [6, 6.07) is 10.3. The minimum absolute atomic E-state index is 0.0208. The lowest BCUT2D eigenvalue weighted by Gasteiger charge is -2.30. The van der Waals surface area contributed by atoms with Crippen LogP contribution in [-0.2, 0) is 22.6 Å². The summed E-state index contributed by atoms with van der Waals surface area (Å²) < 4.78 is 14.0. The highest BCUT2D eigenvalue weighted by Gasteiger charge is 2.27. The summed E-state index contributed by atoms with van der Waals surface area (Å²) in [6.07, 6.45) is 0.615. The molecule has 0 bridgehead atoms. The Labute approximate surface area is 181 Å². The van der Waals surface area contributed by atoms with Gasteiger partial charge in [-0.1, -0.05) is 54.4 Å². The van der Waals surface area contributed by atoms with E-state index in [1.165, 1.54) is 11.0 Å². The smallest absolute Gasteiger partial charge is 0.242 e. The van der Waals surface area contributed by atoms with Gasteiger partial charge in [0.05, 0.1) is 6.42 Å². The third-order valence-corrected chi connectivity index (χ3v) is 5.41. The maximum absolute atomic E-state index is 14.0. The lowest BCUT2D eigenvalue weighted by molar-refractivity contribution is -0.140. The van der Waals surface area contributed by atoms with E-state index in [4.69, 9.17) is 23.2 Å². The predicted octanol–water partition coefficient (Wildman–Crippen LogP) is 5.01. The highest BCUT2D eigenvalue weighted by atomic mass is 35.5. The van der Waals surface area contributed by atoms with Crippen LogP contribution in [-0.4, -0.2) is 28.8 Å². The van der Waals surface area contributed by atoms with E-state index >= 15 is 0 Å². The van der Waals surface area contributed by atoms with Gasteiger partial charge in [-0.2, -0.15) is 0 Å². The van der Waals surface area contributed by atoms with E-state index < -0.39 is 11.9 Å². The third-order valence-electron chi connectivity index (χ3n) is 4.82. The lowest BCUT2D eigenvalue weighted by atomic mass is 10.1. The summed E-state index contributed by atoms with van der Waals surface area (Å²) in [5, 5.41) is 3.76. The molecule has 0 spiro atoms. The van der Waals surface area contributed by atoms with Crippen molar-refractivity contribution >= 4 is 35.0 Å². The molecule has 0 saturated heterocycles. The molecule has 156 valence electrons.